The van der Waals surface area contributed by atoms with Crippen molar-refractivity contribution < 1.29 is 14.3 Å². The lowest BCUT2D eigenvalue weighted by Gasteiger charge is -2.12. The highest BCUT2D eigenvalue weighted by molar-refractivity contribution is 6.33. The molecular weight excluding hydrogens is 266 g/mol. The number of nitrogens with one attached hydrogen (secondary N) is 1. The molecule has 102 valence electrons. The van der Waals surface area contributed by atoms with Gasteiger partial charge in [-0.1, -0.05) is 23.7 Å². The Hall–Kier alpha value is -1.55. The smallest absolute Gasteiger partial charge is 0.340 e. The van der Waals surface area contributed by atoms with E-state index in [0.29, 0.717) is 10.9 Å². The Morgan fingerprint density at radius 2 is 2.11 bits per heavy atom. The molecule has 0 radical (unpaired) electrons. The van der Waals surface area contributed by atoms with Crippen molar-refractivity contribution in [3.05, 3.63) is 34.9 Å². The van der Waals surface area contributed by atoms with E-state index in [1.54, 1.807) is 24.3 Å². The highest BCUT2D eigenvalue weighted by Gasteiger charge is 2.29. The molecule has 0 spiro atoms. The third-order valence-electron chi connectivity index (χ3n) is 3.15. The van der Waals surface area contributed by atoms with Gasteiger partial charge >= 0.3 is 5.97 Å². The average molecular weight is 282 g/mol. The zero-order valence-electron chi connectivity index (χ0n) is 10.7. The maximum atomic E-state index is 11.7. The molecule has 0 saturated heterocycles. The van der Waals surface area contributed by atoms with Gasteiger partial charge in [-0.3, -0.25) is 4.79 Å². The molecule has 1 aromatic carbocycles. The van der Waals surface area contributed by atoms with Gasteiger partial charge in [0.25, 0.3) is 5.91 Å². The molecule has 0 heterocycles. The van der Waals surface area contributed by atoms with Gasteiger partial charge in [0.05, 0.1) is 10.6 Å². The second-order valence-corrected chi connectivity index (χ2v) is 5.16. The Morgan fingerprint density at radius 1 is 1.42 bits per heavy atom. The first-order valence-electron chi connectivity index (χ1n) is 6.29. The number of carbonyl (C=O) groups is 2. The molecule has 0 bridgehead atoms. The van der Waals surface area contributed by atoms with Crippen molar-refractivity contribution in [1.29, 1.82) is 0 Å². The van der Waals surface area contributed by atoms with Crippen molar-refractivity contribution in [2.75, 3.05) is 6.61 Å². The van der Waals surface area contributed by atoms with Crippen molar-refractivity contribution in [2.45, 2.75) is 25.8 Å². The Morgan fingerprint density at radius 3 is 2.74 bits per heavy atom. The predicted octanol–water partition coefficient (Wildman–Crippen LogP) is 2.41. The first kappa shape index (κ1) is 13.9. The molecule has 5 heteroatoms. The van der Waals surface area contributed by atoms with E-state index in [-0.39, 0.29) is 24.1 Å². The lowest BCUT2D eigenvalue weighted by Crippen LogP contribution is -2.37. The van der Waals surface area contributed by atoms with Gasteiger partial charge in [-0.05, 0) is 37.8 Å². The number of ether oxygens (including phenoxy) is 1. The standard InChI is InChI=1S/C14H16ClNO3/c1-9(10-6-7-10)16-13(17)8-19-14(18)11-4-2-3-5-12(11)15/h2-5,9-10H,6-8H2,1H3,(H,16,17)/t9-/m1/s1. The fourth-order valence-corrected chi connectivity index (χ4v) is 2.06. The summed E-state index contributed by atoms with van der Waals surface area (Å²) in [4.78, 5) is 23.3. The highest BCUT2D eigenvalue weighted by Crippen LogP contribution is 2.32. The minimum atomic E-state index is -0.583. The van der Waals surface area contributed by atoms with Gasteiger partial charge in [-0.2, -0.15) is 0 Å². The summed E-state index contributed by atoms with van der Waals surface area (Å²) in [5.41, 5.74) is 0.271. The van der Waals surface area contributed by atoms with Gasteiger partial charge in [0, 0.05) is 6.04 Å². The number of carbonyl (C=O) groups excluding carboxylic acids is 2. The monoisotopic (exact) mass is 281 g/mol. The molecule has 1 aliphatic rings. The van der Waals surface area contributed by atoms with Gasteiger partial charge in [0.1, 0.15) is 0 Å². The minimum Gasteiger partial charge on any atom is -0.452 e. The maximum absolute atomic E-state index is 11.7. The molecule has 0 aromatic heterocycles. The van der Waals surface area contributed by atoms with Crippen LogP contribution in [0.5, 0.6) is 0 Å². The van der Waals surface area contributed by atoms with Crippen LogP contribution in [0.4, 0.5) is 0 Å². The molecule has 1 aromatic rings. The van der Waals surface area contributed by atoms with Gasteiger partial charge < -0.3 is 10.1 Å². The fourth-order valence-electron chi connectivity index (χ4n) is 1.85. The van der Waals surface area contributed by atoms with E-state index in [1.165, 1.54) is 0 Å². The molecule has 4 nitrogen and oxygen atoms in total. The van der Waals surface area contributed by atoms with E-state index >= 15 is 0 Å². The SMILES string of the molecule is C[C@@H](NC(=O)COC(=O)c1ccccc1Cl)C1CC1. The summed E-state index contributed by atoms with van der Waals surface area (Å²) in [6.45, 7) is 1.69. The summed E-state index contributed by atoms with van der Waals surface area (Å²) >= 11 is 5.87. The second-order valence-electron chi connectivity index (χ2n) is 4.75. The molecule has 1 saturated carbocycles. The van der Waals surface area contributed by atoms with Crippen molar-refractivity contribution >= 4 is 23.5 Å². The quantitative estimate of drug-likeness (QED) is 0.843. The van der Waals surface area contributed by atoms with E-state index in [2.05, 4.69) is 5.32 Å². The molecule has 1 fully saturated rings. The number of halogens is 1. The van der Waals surface area contributed by atoms with Crippen LogP contribution in [0.1, 0.15) is 30.1 Å². The number of hydrogen-bond donors (Lipinski definition) is 1. The van der Waals surface area contributed by atoms with Crippen LogP contribution in [-0.2, 0) is 9.53 Å². The topological polar surface area (TPSA) is 55.4 Å². The minimum absolute atomic E-state index is 0.145. The van der Waals surface area contributed by atoms with Gasteiger partial charge in [0.2, 0.25) is 0 Å². The highest BCUT2D eigenvalue weighted by atomic mass is 35.5. The van der Waals surface area contributed by atoms with E-state index < -0.39 is 5.97 Å². The van der Waals surface area contributed by atoms with Crippen molar-refractivity contribution in [3.63, 3.8) is 0 Å². The van der Waals surface area contributed by atoms with Crippen LogP contribution in [0.2, 0.25) is 5.02 Å². The molecule has 1 atom stereocenters. The van der Waals surface area contributed by atoms with Crippen LogP contribution in [0.25, 0.3) is 0 Å². The number of rotatable bonds is 5. The zero-order chi connectivity index (χ0) is 13.8. The summed E-state index contributed by atoms with van der Waals surface area (Å²) in [6, 6.07) is 6.73. The molecule has 0 unspecified atom stereocenters. The number of amides is 1. The Bertz CT molecular complexity index is 485. The van der Waals surface area contributed by atoms with E-state index in [1.807, 2.05) is 6.92 Å². The second kappa shape index (κ2) is 6.06. The average Bonchev–Trinajstić information content (AvgIpc) is 3.20. The zero-order valence-corrected chi connectivity index (χ0v) is 11.4. The molecular formula is C14H16ClNO3. The summed E-state index contributed by atoms with van der Waals surface area (Å²) in [5.74, 6) is -0.289. The lowest BCUT2D eigenvalue weighted by molar-refractivity contribution is -0.124. The molecule has 19 heavy (non-hydrogen) atoms. The van der Waals surface area contributed by atoms with Crippen LogP contribution in [0.15, 0.2) is 24.3 Å². The summed E-state index contributed by atoms with van der Waals surface area (Å²) in [5, 5.41) is 3.13. The molecule has 1 aliphatic carbocycles. The third-order valence-corrected chi connectivity index (χ3v) is 3.48. The summed E-state index contributed by atoms with van der Waals surface area (Å²) < 4.78 is 4.94. The fraction of sp³-hybridized carbons (Fsp3) is 0.429. The summed E-state index contributed by atoms with van der Waals surface area (Å²) in [7, 11) is 0. The lowest BCUT2D eigenvalue weighted by atomic mass is 10.2. The predicted molar refractivity (Wildman–Crippen MR) is 72.1 cm³/mol. The van der Waals surface area contributed by atoms with Crippen LogP contribution >= 0.6 is 11.6 Å². The number of hydrogen-bond acceptors (Lipinski definition) is 3. The molecule has 1 N–H and O–H groups in total. The van der Waals surface area contributed by atoms with Gasteiger partial charge in [-0.15, -0.1) is 0 Å². The van der Waals surface area contributed by atoms with Crippen LogP contribution in [0, 0.1) is 5.92 Å². The van der Waals surface area contributed by atoms with E-state index in [9.17, 15) is 9.59 Å². The maximum Gasteiger partial charge on any atom is 0.340 e. The molecule has 0 aliphatic heterocycles. The number of benzene rings is 1. The van der Waals surface area contributed by atoms with E-state index in [4.69, 9.17) is 16.3 Å². The van der Waals surface area contributed by atoms with Crippen molar-refractivity contribution in [2.24, 2.45) is 5.92 Å². The van der Waals surface area contributed by atoms with E-state index in [0.717, 1.165) is 12.8 Å². The van der Waals surface area contributed by atoms with Crippen LogP contribution in [-0.4, -0.2) is 24.5 Å². The Balaban J connectivity index is 1.80. The number of esters is 1. The van der Waals surface area contributed by atoms with Crippen LogP contribution < -0.4 is 5.32 Å². The molecule has 1 amide bonds. The normalized spacial score (nSPS) is 15.7. The first-order chi connectivity index (χ1) is 9.08. The van der Waals surface area contributed by atoms with Gasteiger partial charge in [0.15, 0.2) is 6.61 Å². The Kier molecular flexibility index (Phi) is 4.43. The summed E-state index contributed by atoms with van der Waals surface area (Å²) in [6.07, 6.45) is 2.31. The van der Waals surface area contributed by atoms with Crippen molar-refractivity contribution in [1.82, 2.24) is 5.32 Å². The Labute approximate surface area is 117 Å². The largest absolute Gasteiger partial charge is 0.452 e. The third kappa shape index (κ3) is 3.96. The van der Waals surface area contributed by atoms with Crippen LogP contribution in [0.3, 0.4) is 0 Å². The van der Waals surface area contributed by atoms with Gasteiger partial charge in [-0.25, -0.2) is 4.79 Å². The van der Waals surface area contributed by atoms with Crippen molar-refractivity contribution in [3.8, 4) is 0 Å². The first-order valence-corrected chi connectivity index (χ1v) is 6.66. The molecule has 2 rings (SSSR count).